The average molecular weight is 470 g/mol. The van der Waals surface area contributed by atoms with E-state index in [1.165, 1.54) is 5.56 Å². The summed E-state index contributed by atoms with van der Waals surface area (Å²) in [4.78, 5) is 35.0. The molecule has 0 bridgehead atoms. The molecule has 0 atom stereocenters. The summed E-state index contributed by atoms with van der Waals surface area (Å²) in [5.41, 5.74) is 4.11. The van der Waals surface area contributed by atoms with E-state index >= 15 is 0 Å². The van der Waals surface area contributed by atoms with Crippen LogP contribution in [0.3, 0.4) is 0 Å². The van der Waals surface area contributed by atoms with Crippen molar-refractivity contribution < 1.29 is 30.0 Å². The van der Waals surface area contributed by atoms with Crippen LogP contribution in [0, 0.1) is 0 Å². The van der Waals surface area contributed by atoms with Crippen molar-refractivity contribution in [2.45, 2.75) is 26.1 Å². The maximum absolute atomic E-state index is 11.7. The van der Waals surface area contributed by atoms with Gasteiger partial charge >= 0.3 is 0 Å². The molecule has 182 valence electrons. The number of hydrogen-bond acceptors (Lipinski definition) is 7. The molecule has 2 saturated heterocycles. The molecule has 0 aromatic heterocycles. The van der Waals surface area contributed by atoms with Crippen molar-refractivity contribution >= 4 is 17.7 Å². The van der Waals surface area contributed by atoms with Crippen LogP contribution >= 0.6 is 0 Å². The largest absolute Gasteiger partial charge is 0.489 e. The SMILES string of the molecule is O=C1CCOCC(=O)N1.O=C1NCc2c(OCc3ccc(CN4CCOCC4)cc3)cccc21.[HH]. The fourth-order valence-electron chi connectivity index (χ4n) is 3.86. The number of hydrogen-bond donors (Lipinski definition) is 2. The monoisotopic (exact) mass is 469 g/mol. The Balaban J connectivity index is 0.000000291. The quantitative estimate of drug-likeness (QED) is 0.641. The highest BCUT2D eigenvalue weighted by Crippen LogP contribution is 2.27. The first-order chi connectivity index (χ1) is 16.6. The van der Waals surface area contributed by atoms with Crippen molar-refractivity contribution in [2.75, 3.05) is 39.5 Å². The lowest BCUT2D eigenvalue weighted by Crippen LogP contribution is -2.35. The smallest absolute Gasteiger partial charge is 0.252 e. The zero-order valence-electron chi connectivity index (χ0n) is 19.0. The number of nitrogens with one attached hydrogen (secondary N) is 2. The predicted octanol–water partition coefficient (Wildman–Crippen LogP) is 1.64. The Bertz CT molecular complexity index is 1010. The third-order valence-corrected chi connectivity index (χ3v) is 5.72. The number of fused-ring (bicyclic) bond motifs is 1. The van der Waals surface area contributed by atoms with Crippen LogP contribution in [0.1, 0.15) is 34.9 Å². The van der Waals surface area contributed by atoms with Gasteiger partial charge in [0, 0.05) is 38.7 Å². The molecule has 0 aliphatic carbocycles. The topological polar surface area (TPSA) is 106 Å². The summed E-state index contributed by atoms with van der Waals surface area (Å²) in [7, 11) is 0. The van der Waals surface area contributed by atoms with Gasteiger partial charge in [0.05, 0.1) is 26.2 Å². The minimum absolute atomic E-state index is 0. The summed E-state index contributed by atoms with van der Waals surface area (Å²) in [5.74, 6) is 0.163. The van der Waals surface area contributed by atoms with Gasteiger partial charge in [-0.1, -0.05) is 30.3 Å². The maximum Gasteiger partial charge on any atom is 0.252 e. The highest BCUT2D eigenvalue weighted by atomic mass is 16.5. The summed E-state index contributed by atoms with van der Waals surface area (Å²) in [6.07, 6.45) is 0.283. The first-order valence-electron chi connectivity index (χ1n) is 11.4. The molecule has 3 aliphatic rings. The van der Waals surface area contributed by atoms with E-state index in [0.717, 1.165) is 55.3 Å². The number of nitrogens with zero attached hydrogens (tertiary/aromatic N) is 1. The molecular formula is C25H31N3O6. The number of ether oxygens (including phenoxy) is 3. The summed E-state index contributed by atoms with van der Waals surface area (Å²) in [6.45, 7) is 6.00. The highest BCUT2D eigenvalue weighted by Gasteiger charge is 2.22. The van der Waals surface area contributed by atoms with Crippen LogP contribution in [0.2, 0.25) is 0 Å². The van der Waals surface area contributed by atoms with Gasteiger partial charge in [0.15, 0.2) is 0 Å². The number of morpholine rings is 1. The van der Waals surface area contributed by atoms with Crippen LogP contribution in [0.15, 0.2) is 42.5 Å². The lowest BCUT2D eigenvalue weighted by molar-refractivity contribution is -0.129. The van der Waals surface area contributed by atoms with Gasteiger partial charge in [-0.3, -0.25) is 24.6 Å². The summed E-state index contributed by atoms with van der Waals surface area (Å²) < 4.78 is 16.1. The normalized spacial score (nSPS) is 18.2. The zero-order chi connectivity index (χ0) is 23.8. The Morgan fingerprint density at radius 3 is 2.47 bits per heavy atom. The van der Waals surface area contributed by atoms with Crippen molar-refractivity contribution in [1.29, 1.82) is 0 Å². The lowest BCUT2D eigenvalue weighted by Gasteiger charge is -2.26. The molecule has 2 aromatic carbocycles. The van der Waals surface area contributed by atoms with Crippen LogP contribution in [-0.2, 0) is 38.8 Å². The van der Waals surface area contributed by atoms with Gasteiger partial charge in [0.2, 0.25) is 5.91 Å². The molecule has 5 rings (SSSR count). The molecular weight excluding hydrogens is 438 g/mol. The minimum atomic E-state index is -0.350. The third kappa shape index (κ3) is 6.63. The number of benzene rings is 2. The van der Waals surface area contributed by atoms with Gasteiger partial charge in [-0.25, -0.2) is 0 Å². The molecule has 2 aromatic rings. The van der Waals surface area contributed by atoms with Gasteiger partial charge in [0.25, 0.3) is 11.8 Å². The van der Waals surface area contributed by atoms with E-state index in [2.05, 4.69) is 39.8 Å². The Kier molecular flexibility index (Phi) is 8.24. The average Bonchev–Trinajstić information content (AvgIpc) is 3.12. The third-order valence-electron chi connectivity index (χ3n) is 5.72. The Hall–Kier alpha value is -3.27. The van der Waals surface area contributed by atoms with E-state index in [4.69, 9.17) is 14.2 Å². The van der Waals surface area contributed by atoms with Crippen LogP contribution in [0.25, 0.3) is 0 Å². The summed E-state index contributed by atoms with van der Waals surface area (Å²) in [5, 5.41) is 4.98. The second kappa shape index (κ2) is 11.7. The molecule has 3 amide bonds. The highest BCUT2D eigenvalue weighted by molar-refractivity contribution is 5.99. The number of carbonyl (C=O) groups is 3. The number of imide groups is 1. The van der Waals surface area contributed by atoms with Crippen LogP contribution in [0.5, 0.6) is 5.75 Å². The number of carbonyl (C=O) groups excluding carboxylic acids is 3. The van der Waals surface area contributed by atoms with Crippen LogP contribution < -0.4 is 15.4 Å². The molecule has 34 heavy (non-hydrogen) atoms. The summed E-state index contributed by atoms with van der Waals surface area (Å²) in [6, 6.07) is 14.2. The predicted molar refractivity (Wildman–Crippen MR) is 125 cm³/mol. The van der Waals surface area contributed by atoms with E-state index in [1.54, 1.807) is 0 Å². The molecule has 0 radical (unpaired) electrons. The van der Waals surface area contributed by atoms with E-state index in [9.17, 15) is 14.4 Å². The van der Waals surface area contributed by atoms with E-state index in [-0.39, 0.29) is 32.2 Å². The standard InChI is InChI=1S/C20H22N2O3.C5H7NO3.H2/c23-20-17-2-1-3-19(18(17)12-21-20)25-14-16-6-4-15(5-7-16)13-22-8-10-24-11-9-22;7-4-1-2-9-3-5(8)6-4;/h1-7H,8-14H2,(H,21,23);1-3H2,(H,6,7,8);1H. The minimum Gasteiger partial charge on any atom is -0.489 e. The first kappa shape index (κ1) is 23.9. The maximum atomic E-state index is 11.7. The van der Waals surface area contributed by atoms with Gasteiger partial charge in [0.1, 0.15) is 19.0 Å². The van der Waals surface area contributed by atoms with Crippen molar-refractivity contribution in [1.82, 2.24) is 15.5 Å². The van der Waals surface area contributed by atoms with Crippen molar-refractivity contribution in [3.63, 3.8) is 0 Å². The Labute approximate surface area is 199 Å². The van der Waals surface area contributed by atoms with Crippen LogP contribution in [-0.4, -0.2) is 62.1 Å². The Morgan fingerprint density at radius 2 is 1.68 bits per heavy atom. The van der Waals surface area contributed by atoms with E-state index in [0.29, 0.717) is 19.8 Å². The molecule has 2 fully saturated rings. The Morgan fingerprint density at radius 1 is 0.912 bits per heavy atom. The molecule has 3 heterocycles. The fraction of sp³-hybridized carbons (Fsp3) is 0.400. The lowest BCUT2D eigenvalue weighted by atomic mass is 10.1. The molecule has 9 heteroatoms. The second-order valence-corrected chi connectivity index (χ2v) is 8.23. The molecule has 0 saturated carbocycles. The van der Waals surface area contributed by atoms with E-state index < -0.39 is 0 Å². The number of amides is 3. The van der Waals surface area contributed by atoms with Gasteiger partial charge in [-0.2, -0.15) is 0 Å². The van der Waals surface area contributed by atoms with Gasteiger partial charge in [-0.05, 0) is 23.3 Å². The second-order valence-electron chi connectivity index (χ2n) is 8.23. The molecule has 2 N–H and O–H groups in total. The summed E-state index contributed by atoms with van der Waals surface area (Å²) >= 11 is 0. The van der Waals surface area contributed by atoms with Gasteiger partial charge in [-0.15, -0.1) is 0 Å². The van der Waals surface area contributed by atoms with Crippen molar-refractivity contribution in [2.24, 2.45) is 0 Å². The first-order valence-corrected chi connectivity index (χ1v) is 11.4. The van der Waals surface area contributed by atoms with Crippen molar-refractivity contribution in [3.05, 3.63) is 64.7 Å². The molecule has 3 aliphatic heterocycles. The van der Waals surface area contributed by atoms with Gasteiger partial charge < -0.3 is 19.5 Å². The fourth-order valence-corrected chi connectivity index (χ4v) is 3.86. The van der Waals surface area contributed by atoms with Crippen molar-refractivity contribution in [3.8, 4) is 5.75 Å². The zero-order valence-corrected chi connectivity index (χ0v) is 19.0. The number of rotatable bonds is 5. The van der Waals surface area contributed by atoms with Crippen LogP contribution in [0.4, 0.5) is 0 Å². The molecule has 9 nitrogen and oxygen atoms in total. The van der Waals surface area contributed by atoms with E-state index in [1.807, 2.05) is 18.2 Å². The molecule has 0 unspecified atom stereocenters. The molecule has 0 spiro atoms.